The van der Waals surface area contributed by atoms with Gasteiger partial charge in [-0.2, -0.15) is 0 Å². The van der Waals surface area contributed by atoms with E-state index in [1.54, 1.807) is 0 Å². The minimum absolute atomic E-state index is 0.613. The molecule has 0 aromatic rings. The van der Waals surface area contributed by atoms with E-state index < -0.39 is 5.97 Å². The fourth-order valence-electron chi connectivity index (χ4n) is 3.61. The highest BCUT2D eigenvalue weighted by molar-refractivity contribution is 4.88. The second-order valence-corrected chi connectivity index (χ2v) is 7.41. The SMILES string of the molecule is CCCCCCC=CC(CCC)CCCCCC(OCC)(OCC)OCC. The summed E-state index contributed by atoms with van der Waals surface area (Å²) in [4.78, 5) is 0. The molecule has 0 radical (unpaired) electrons. The number of hydrogen-bond donors (Lipinski definition) is 0. The van der Waals surface area contributed by atoms with Crippen molar-refractivity contribution in [3.63, 3.8) is 0 Å². The van der Waals surface area contributed by atoms with Gasteiger partial charge in [0.2, 0.25) is 0 Å². The Balaban J connectivity index is 4.17. The van der Waals surface area contributed by atoms with E-state index in [4.69, 9.17) is 14.2 Å². The molecule has 0 fully saturated rings. The maximum absolute atomic E-state index is 5.81. The standard InChI is InChI=1S/C24H48O3/c1-6-11-12-13-14-16-20-23(19-7-2)21-17-15-18-22-24(25-8-3,26-9-4)27-10-5/h16,20,23H,6-15,17-19,21-22H2,1-5H3. The first kappa shape index (κ1) is 26.6. The highest BCUT2D eigenvalue weighted by atomic mass is 16.9. The smallest absolute Gasteiger partial charge is 0.282 e. The maximum Gasteiger partial charge on any atom is 0.282 e. The predicted octanol–water partition coefficient (Wildman–Crippen LogP) is 7.64. The lowest BCUT2D eigenvalue weighted by atomic mass is 9.95. The predicted molar refractivity (Wildman–Crippen MR) is 117 cm³/mol. The number of ether oxygens (including phenoxy) is 3. The highest BCUT2D eigenvalue weighted by Gasteiger charge is 2.31. The maximum atomic E-state index is 5.81. The molecule has 0 N–H and O–H groups in total. The molecule has 0 saturated carbocycles. The van der Waals surface area contributed by atoms with Gasteiger partial charge in [0.15, 0.2) is 0 Å². The Morgan fingerprint density at radius 1 is 0.667 bits per heavy atom. The van der Waals surface area contributed by atoms with Crippen molar-refractivity contribution in [3.05, 3.63) is 12.2 Å². The molecule has 0 heterocycles. The average molecular weight is 385 g/mol. The van der Waals surface area contributed by atoms with Crippen LogP contribution in [-0.4, -0.2) is 25.8 Å². The van der Waals surface area contributed by atoms with Crippen molar-refractivity contribution in [2.45, 2.75) is 118 Å². The van der Waals surface area contributed by atoms with Gasteiger partial charge in [-0.3, -0.25) is 0 Å². The summed E-state index contributed by atoms with van der Waals surface area (Å²) < 4.78 is 17.4. The van der Waals surface area contributed by atoms with Crippen molar-refractivity contribution in [2.24, 2.45) is 5.92 Å². The van der Waals surface area contributed by atoms with Crippen LogP contribution in [0, 0.1) is 5.92 Å². The Kier molecular flexibility index (Phi) is 18.7. The van der Waals surface area contributed by atoms with E-state index in [0.717, 1.165) is 18.8 Å². The second-order valence-electron chi connectivity index (χ2n) is 7.41. The topological polar surface area (TPSA) is 27.7 Å². The van der Waals surface area contributed by atoms with Gasteiger partial charge >= 0.3 is 0 Å². The normalized spacial score (nSPS) is 13.5. The summed E-state index contributed by atoms with van der Waals surface area (Å²) >= 11 is 0. The van der Waals surface area contributed by atoms with Crippen molar-refractivity contribution in [2.75, 3.05) is 19.8 Å². The van der Waals surface area contributed by atoms with Gasteiger partial charge in [0.25, 0.3) is 5.97 Å². The number of hydrogen-bond acceptors (Lipinski definition) is 3. The van der Waals surface area contributed by atoms with Gasteiger partial charge in [0, 0.05) is 26.2 Å². The Labute approximate surface area is 170 Å². The van der Waals surface area contributed by atoms with E-state index in [1.165, 1.54) is 64.2 Å². The third-order valence-corrected chi connectivity index (χ3v) is 4.94. The molecule has 0 amide bonds. The van der Waals surface area contributed by atoms with Gasteiger partial charge in [-0.15, -0.1) is 0 Å². The molecule has 1 atom stereocenters. The quantitative estimate of drug-likeness (QED) is 0.123. The number of unbranched alkanes of at least 4 members (excludes halogenated alkanes) is 6. The zero-order valence-corrected chi connectivity index (χ0v) is 19.1. The van der Waals surface area contributed by atoms with Crippen molar-refractivity contribution in [1.29, 1.82) is 0 Å². The molecule has 0 aliphatic heterocycles. The zero-order valence-electron chi connectivity index (χ0n) is 19.1. The Bertz CT molecular complexity index is 311. The molecule has 0 aromatic heterocycles. The van der Waals surface area contributed by atoms with Crippen molar-refractivity contribution >= 4 is 0 Å². The van der Waals surface area contributed by atoms with Crippen LogP contribution in [-0.2, 0) is 14.2 Å². The lowest BCUT2D eigenvalue weighted by Crippen LogP contribution is -2.39. The van der Waals surface area contributed by atoms with Gasteiger partial charge in [0.05, 0.1) is 0 Å². The largest absolute Gasteiger partial charge is 0.328 e. The van der Waals surface area contributed by atoms with Crippen molar-refractivity contribution in [1.82, 2.24) is 0 Å². The Morgan fingerprint density at radius 2 is 1.30 bits per heavy atom. The molecule has 0 rings (SSSR count). The minimum atomic E-state index is -0.834. The molecule has 0 aromatic carbocycles. The first-order chi connectivity index (χ1) is 13.2. The molecule has 0 saturated heterocycles. The van der Waals surface area contributed by atoms with Crippen LogP contribution in [0.4, 0.5) is 0 Å². The summed E-state index contributed by atoms with van der Waals surface area (Å²) in [6, 6.07) is 0. The second kappa shape index (κ2) is 19.0. The summed E-state index contributed by atoms with van der Waals surface area (Å²) in [5.74, 6) is -0.0870. The molecule has 0 aliphatic rings. The van der Waals surface area contributed by atoms with Crippen LogP contribution in [0.1, 0.15) is 112 Å². The fraction of sp³-hybridized carbons (Fsp3) is 0.917. The molecule has 3 heteroatoms. The summed E-state index contributed by atoms with van der Waals surface area (Å²) in [7, 11) is 0. The van der Waals surface area contributed by atoms with E-state index >= 15 is 0 Å². The molecule has 162 valence electrons. The van der Waals surface area contributed by atoms with Crippen LogP contribution in [0.15, 0.2) is 12.2 Å². The van der Waals surface area contributed by atoms with E-state index in [1.807, 2.05) is 20.8 Å². The first-order valence-corrected chi connectivity index (χ1v) is 11.8. The van der Waals surface area contributed by atoms with Crippen LogP contribution < -0.4 is 0 Å². The van der Waals surface area contributed by atoms with Gasteiger partial charge < -0.3 is 14.2 Å². The summed E-state index contributed by atoms with van der Waals surface area (Å²) in [6.07, 6.45) is 19.8. The average Bonchev–Trinajstić information content (AvgIpc) is 2.65. The van der Waals surface area contributed by atoms with E-state index in [9.17, 15) is 0 Å². The summed E-state index contributed by atoms with van der Waals surface area (Å²) in [6.45, 7) is 12.4. The Morgan fingerprint density at radius 3 is 1.85 bits per heavy atom. The van der Waals surface area contributed by atoms with Gasteiger partial charge in [-0.25, -0.2) is 0 Å². The monoisotopic (exact) mass is 384 g/mol. The van der Waals surface area contributed by atoms with Gasteiger partial charge in [-0.1, -0.05) is 64.5 Å². The van der Waals surface area contributed by atoms with Crippen molar-refractivity contribution < 1.29 is 14.2 Å². The Hall–Kier alpha value is -0.380. The van der Waals surface area contributed by atoms with Crippen LogP contribution in [0.5, 0.6) is 0 Å². The number of rotatable bonds is 20. The van der Waals surface area contributed by atoms with Gasteiger partial charge in [0.1, 0.15) is 0 Å². The number of allylic oxidation sites excluding steroid dienone is 2. The minimum Gasteiger partial charge on any atom is -0.328 e. The molecular formula is C24H48O3. The van der Waals surface area contributed by atoms with Crippen LogP contribution in [0.3, 0.4) is 0 Å². The van der Waals surface area contributed by atoms with E-state index in [-0.39, 0.29) is 0 Å². The lowest BCUT2D eigenvalue weighted by molar-refractivity contribution is -0.380. The molecule has 3 nitrogen and oxygen atoms in total. The summed E-state index contributed by atoms with van der Waals surface area (Å²) in [5.41, 5.74) is 0. The third-order valence-electron chi connectivity index (χ3n) is 4.94. The zero-order chi connectivity index (χ0) is 20.2. The van der Waals surface area contributed by atoms with Crippen LogP contribution in [0.2, 0.25) is 0 Å². The van der Waals surface area contributed by atoms with Gasteiger partial charge in [-0.05, 0) is 58.8 Å². The molecule has 0 aliphatic carbocycles. The third kappa shape index (κ3) is 14.3. The molecule has 0 bridgehead atoms. The molecule has 0 spiro atoms. The highest BCUT2D eigenvalue weighted by Crippen LogP contribution is 2.25. The summed E-state index contributed by atoms with van der Waals surface area (Å²) in [5, 5.41) is 0. The van der Waals surface area contributed by atoms with Crippen LogP contribution in [0.25, 0.3) is 0 Å². The van der Waals surface area contributed by atoms with E-state index in [2.05, 4.69) is 26.0 Å². The fourth-order valence-corrected chi connectivity index (χ4v) is 3.61. The van der Waals surface area contributed by atoms with Crippen LogP contribution >= 0.6 is 0 Å². The lowest BCUT2D eigenvalue weighted by Gasteiger charge is -2.32. The molecule has 1 unspecified atom stereocenters. The molecular weight excluding hydrogens is 336 g/mol. The first-order valence-electron chi connectivity index (χ1n) is 11.8. The van der Waals surface area contributed by atoms with E-state index in [0.29, 0.717) is 19.8 Å². The molecule has 27 heavy (non-hydrogen) atoms. The van der Waals surface area contributed by atoms with Crippen molar-refractivity contribution in [3.8, 4) is 0 Å².